The van der Waals surface area contributed by atoms with Crippen LogP contribution in [0.25, 0.3) is 0 Å². The molecule has 0 radical (unpaired) electrons. The normalized spacial score (nSPS) is 13.2. The van der Waals surface area contributed by atoms with E-state index in [-0.39, 0.29) is 17.9 Å². The number of ketones is 1. The molecule has 0 bridgehead atoms. The summed E-state index contributed by atoms with van der Waals surface area (Å²) in [5, 5.41) is 0. The molecule has 17 heavy (non-hydrogen) atoms. The van der Waals surface area contributed by atoms with Crippen LogP contribution in [-0.2, 0) is 14.3 Å². The molecular weight excluding hydrogens is 216 g/mol. The van der Waals surface area contributed by atoms with E-state index in [1.807, 2.05) is 13.8 Å². The first-order valence-corrected chi connectivity index (χ1v) is 6.62. The molecule has 3 nitrogen and oxygen atoms in total. The van der Waals surface area contributed by atoms with Crippen molar-refractivity contribution in [3.8, 4) is 0 Å². The Morgan fingerprint density at radius 2 is 1.65 bits per heavy atom. The van der Waals surface area contributed by atoms with Gasteiger partial charge < -0.3 is 4.74 Å². The Kier molecular flexibility index (Phi) is 7.09. The molecule has 0 aromatic rings. The lowest BCUT2D eigenvalue weighted by atomic mass is 9.72. The van der Waals surface area contributed by atoms with Gasteiger partial charge in [0.25, 0.3) is 0 Å². The maximum Gasteiger partial charge on any atom is 0.302 e. The number of esters is 1. The summed E-state index contributed by atoms with van der Waals surface area (Å²) >= 11 is 0. The standard InChI is InChI=1S/C14H26O3/c1-6-9-10-13(17-12(5)16)14(7-2,8-3)11(4)15/h13H,6-10H2,1-5H3. The van der Waals surface area contributed by atoms with Crippen molar-refractivity contribution in [3.63, 3.8) is 0 Å². The molecule has 0 rings (SSSR count). The lowest BCUT2D eigenvalue weighted by Gasteiger charge is -2.36. The van der Waals surface area contributed by atoms with Gasteiger partial charge in [0, 0.05) is 6.92 Å². The van der Waals surface area contributed by atoms with Gasteiger partial charge in [-0.3, -0.25) is 9.59 Å². The van der Waals surface area contributed by atoms with Gasteiger partial charge >= 0.3 is 5.97 Å². The Morgan fingerprint density at radius 1 is 1.12 bits per heavy atom. The van der Waals surface area contributed by atoms with Crippen molar-refractivity contribution in [2.45, 2.75) is 72.8 Å². The largest absolute Gasteiger partial charge is 0.461 e. The Balaban J connectivity index is 5.04. The molecule has 0 amide bonds. The summed E-state index contributed by atoms with van der Waals surface area (Å²) in [5.74, 6) is -0.163. The molecule has 0 aliphatic carbocycles. The molecule has 1 atom stereocenters. The summed E-state index contributed by atoms with van der Waals surface area (Å²) in [6.07, 6.45) is 3.97. The molecule has 0 N–H and O–H groups in total. The molecule has 0 saturated heterocycles. The van der Waals surface area contributed by atoms with Crippen LogP contribution in [0.15, 0.2) is 0 Å². The van der Waals surface area contributed by atoms with Crippen LogP contribution in [0.4, 0.5) is 0 Å². The third-order valence-electron chi connectivity index (χ3n) is 3.71. The second kappa shape index (κ2) is 7.46. The van der Waals surface area contributed by atoms with Crippen LogP contribution in [0.5, 0.6) is 0 Å². The van der Waals surface area contributed by atoms with Crippen molar-refractivity contribution < 1.29 is 14.3 Å². The summed E-state index contributed by atoms with van der Waals surface area (Å²) in [6.45, 7) is 9.10. The van der Waals surface area contributed by atoms with Crippen molar-refractivity contribution in [3.05, 3.63) is 0 Å². The van der Waals surface area contributed by atoms with Gasteiger partial charge in [0.15, 0.2) is 0 Å². The van der Waals surface area contributed by atoms with Gasteiger partial charge in [-0.05, 0) is 26.2 Å². The number of unbranched alkanes of at least 4 members (excludes halogenated alkanes) is 1. The molecule has 100 valence electrons. The number of ether oxygens (including phenoxy) is 1. The molecule has 0 spiro atoms. The van der Waals surface area contributed by atoms with Crippen LogP contribution in [-0.4, -0.2) is 17.9 Å². The molecule has 0 aromatic heterocycles. The number of carbonyl (C=O) groups is 2. The predicted octanol–water partition coefficient (Wildman–Crippen LogP) is 3.50. The molecule has 1 unspecified atom stereocenters. The Hall–Kier alpha value is -0.860. The fraction of sp³-hybridized carbons (Fsp3) is 0.857. The zero-order valence-corrected chi connectivity index (χ0v) is 11.8. The molecule has 0 saturated carbocycles. The summed E-state index contributed by atoms with van der Waals surface area (Å²) in [6, 6.07) is 0. The van der Waals surface area contributed by atoms with Crippen molar-refractivity contribution in [2.75, 3.05) is 0 Å². The van der Waals surface area contributed by atoms with E-state index >= 15 is 0 Å². The first-order chi connectivity index (χ1) is 7.94. The molecular formula is C14H26O3. The van der Waals surface area contributed by atoms with Gasteiger partial charge in [-0.2, -0.15) is 0 Å². The zero-order chi connectivity index (χ0) is 13.5. The quantitative estimate of drug-likeness (QED) is 0.612. The number of hydrogen-bond acceptors (Lipinski definition) is 3. The van der Waals surface area contributed by atoms with Gasteiger partial charge in [0.1, 0.15) is 11.9 Å². The molecule has 0 aliphatic heterocycles. The van der Waals surface area contributed by atoms with Crippen molar-refractivity contribution >= 4 is 11.8 Å². The highest BCUT2D eigenvalue weighted by atomic mass is 16.5. The Bertz CT molecular complexity index is 254. The average Bonchev–Trinajstić information content (AvgIpc) is 2.26. The van der Waals surface area contributed by atoms with Crippen LogP contribution in [0.1, 0.15) is 66.7 Å². The van der Waals surface area contributed by atoms with E-state index in [1.165, 1.54) is 6.92 Å². The lowest BCUT2D eigenvalue weighted by Crippen LogP contribution is -2.43. The van der Waals surface area contributed by atoms with Crippen LogP contribution < -0.4 is 0 Å². The number of carbonyl (C=O) groups excluding carboxylic acids is 2. The van der Waals surface area contributed by atoms with Crippen LogP contribution >= 0.6 is 0 Å². The number of rotatable bonds is 8. The van der Waals surface area contributed by atoms with Gasteiger partial charge in [-0.25, -0.2) is 0 Å². The molecule has 3 heteroatoms. The van der Waals surface area contributed by atoms with E-state index in [0.29, 0.717) is 0 Å². The van der Waals surface area contributed by atoms with Gasteiger partial charge in [0.05, 0.1) is 5.41 Å². The number of Topliss-reactive ketones (excluding diaryl/α,β-unsaturated/α-hetero) is 1. The summed E-state index contributed by atoms with van der Waals surface area (Å²) in [5.41, 5.74) is -0.499. The maximum atomic E-state index is 11.9. The fourth-order valence-electron chi connectivity index (χ4n) is 2.47. The minimum atomic E-state index is -0.499. The van der Waals surface area contributed by atoms with Gasteiger partial charge in [0.2, 0.25) is 0 Å². The molecule has 0 aliphatic rings. The highest BCUT2D eigenvalue weighted by Crippen LogP contribution is 2.36. The monoisotopic (exact) mass is 242 g/mol. The third-order valence-corrected chi connectivity index (χ3v) is 3.71. The first-order valence-electron chi connectivity index (χ1n) is 6.62. The van der Waals surface area contributed by atoms with Crippen molar-refractivity contribution in [2.24, 2.45) is 5.41 Å². The molecule has 0 fully saturated rings. The maximum absolute atomic E-state index is 11.9. The van der Waals surface area contributed by atoms with E-state index < -0.39 is 5.41 Å². The predicted molar refractivity (Wildman–Crippen MR) is 68.8 cm³/mol. The topological polar surface area (TPSA) is 43.4 Å². The van der Waals surface area contributed by atoms with Gasteiger partial charge in [-0.15, -0.1) is 0 Å². The average molecular weight is 242 g/mol. The van der Waals surface area contributed by atoms with Crippen LogP contribution in [0, 0.1) is 5.41 Å². The summed E-state index contributed by atoms with van der Waals surface area (Å²) < 4.78 is 5.40. The van der Waals surface area contributed by atoms with E-state index in [1.54, 1.807) is 6.92 Å². The first kappa shape index (κ1) is 16.1. The summed E-state index contributed by atoms with van der Waals surface area (Å²) in [7, 11) is 0. The SMILES string of the molecule is CCCCC(OC(C)=O)C(CC)(CC)C(C)=O. The minimum Gasteiger partial charge on any atom is -0.461 e. The third kappa shape index (κ3) is 4.14. The van der Waals surface area contributed by atoms with E-state index in [4.69, 9.17) is 4.74 Å². The zero-order valence-electron chi connectivity index (χ0n) is 11.8. The Morgan fingerprint density at radius 3 is 1.94 bits per heavy atom. The highest BCUT2D eigenvalue weighted by Gasteiger charge is 2.41. The lowest BCUT2D eigenvalue weighted by molar-refractivity contribution is -0.159. The summed E-state index contributed by atoms with van der Waals surface area (Å²) in [4.78, 5) is 23.1. The van der Waals surface area contributed by atoms with Crippen LogP contribution in [0.3, 0.4) is 0 Å². The van der Waals surface area contributed by atoms with Crippen LogP contribution in [0.2, 0.25) is 0 Å². The van der Waals surface area contributed by atoms with Crippen molar-refractivity contribution in [1.29, 1.82) is 0 Å². The van der Waals surface area contributed by atoms with E-state index in [0.717, 1.165) is 32.1 Å². The second-order valence-corrected chi connectivity index (χ2v) is 4.66. The number of hydrogen-bond donors (Lipinski definition) is 0. The highest BCUT2D eigenvalue weighted by molar-refractivity contribution is 5.83. The Labute approximate surface area is 105 Å². The minimum absolute atomic E-state index is 0.129. The van der Waals surface area contributed by atoms with E-state index in [9.17, 15) is 9.59 Å². The van der Waals surface area contributed by atoms with Crippen molar-refractivity contribution in [1.82, 2.24) is 0 Å². The fourth-order valence-corrected chi connectivity index (χ4v) is 2.47. The van der Waals surface area contributed by atoms with E-state index in [2.05, 4.69) is 6.92 Å². The molecule has 0 heterocycles. The smallest absolute Gasteiger partial charge is 0.302 e. The molecule has 0 aromatic carbocycles. The van der Waals surface area contributed by atoms with Gasteiger partial charge in [-0.1, -0.05) is 33.6 Å². The second-order valence-electron chi connectivity index (χ2n) is 4.66.